The highest BCUT2D eigenvalue weighted by Crippen LogP contribution is 2.05. The highest BCUT2D eigenvalue weighted by molar-refractivity contribution is 4.93. The van der Waals surface area contributed by atoms with E-state index in [2.05, 4.69) is 31.1 Å². The Morgan fingerprint density at radius 2 is 2.27 bits per heavy atom. The number of hydrogen-bond donors (Lipinski definition) is 1. The number of aromatic nitrogens is 1. The summed E-state index contributed by atoms with van der Waals surface area (Å²) in [6.45, 7) is 7.24. The van der Waals surface area contributed by atoms with Crippen LogP contribution in [0.15, 0.2) is 10.6 Å². The first-order chi connectivity index (χ1) is 7.26. The molecule has 3 heteroatoms. The molecule has 15 heavy (non-hydrogen) atoms. The van der Waals surface area contributed by atoms with Gasteiger partial charge < -0.3 is 9.73 Å². The van der Waals surface area contributed by atoms with Crippen molar-refractivity contribution in [3.05, 3.63) is 17.8 Å². The zero-order valence-electron chi connectivity index (χ0n) is 10.0. The van der Waals surface area contributed by atoms with Crippen LogP contribution in [0.25, 0.3) is 0 Å². The first kappa shape index (κ1) is 12.2. The molecule has 86 valence electrons. The predicted molar refractivity (Wildman–Crippen MR) is 61.7 cm³/mol. The minimum absolute atomic E-state index is 0.543. The number of unbranched alkanes of at least 4 members (excludes halogenated alkanes) is 1. The summed E-state index contributed by atoms with van der Waals surface area (Å²) in [5.41, 5.74) is 0. The molecule has 3 nitrogen and oxygen atoms in total. The molecule has 0 aromatic carbocycles. The van der Waals surface area contributed by atoms with Gasteiger partial charge in [0.15, 0.2) is 0 Å². The molecule has 0 aliphatic heterocycles. The average Bonchev–Trinajstić information content (AvgIpc) is 2.71. The quantitative estimate of drug-likeness (QED) is 0.752. The second kappa shape index (κ2) is 6.62. The van der Waals surface area contributed by atoms with Crippen LogP contribution < -0.4 is 5.32 Å². The fourth-order valence-corrected chi connectivity index (χ4v) is 1.47. The van der Waals surface area contributed by atoms with E-state index in [1.54, 1.807) is 0 Å². The first-order valence-corrected chi connectivity index (χ1v) is 5.93. The molecular weight excluding hydrogens is 188 g/mol. The summed E-state index contributed by atoms with van der Waals surface area (Å²) in [5, 5.41) is 3.41. The van der Waals surface area contributed by atoms with Gasteiger partial charge in [0.25, 0.3) is 0 Å². The summed E-state index contributed by atoms with van der Waals surface area (Å²) in [5.74, 6) is 1.77. The molecule has 0 aliphatic carbocycles. The highest BCUT2D eigenvalue weighted by atomic mass is 16.4. The van der Waals surface area contributed by atoms with Crippen molar-refractivity contribution in [2.75, 3.05) is 0 Å². The summed E-state index contributed by atoms with van der Waals surface area (Å²) in [7, 11) is 0. The molecular formula is C12H22N2O. The van der Waals surface area contributed by atoms with E-state index < -0.39 is 0 Å². The van der Waals surface area contributed by atoms with Crippen LogP contribution in [0.1, 0.15) is 51.7 Å². The van der Waals surface area contributed by atoms with Gasteiger partial charge in [-0.1, -0.05) is 26.7 Å². The summed E-state index contributed by atoms with van der Waals surface area (Å²) in [4.78, 5) is 4.21. The van der Waals surface area contributed by atoms with Gasteiger partial charge in [-0.25, -0.2) is 4.98 Å². The zero-order valence-corrected chi connectivity index (χ0v) is 10.0. The second-order valence-electron chi connectivity index (χ2n) is 4.00. The van der Waals surface area contributed by atoms with Crippen LogP contribution in [-0.4, -0.2) is 11.0 Å². The number of nitrogens with zero attached hydrogens (tertiary/aromatic N) is 1. The van der Waals surface area contributed by atoms with E-state index in [9.17, 15) is 0 Å². The van der Waals surface area contributed by atoms with Gasteiger partial charge in [0.2, 0.25) is 5.89 Å². The molecule has 1 N–H and O–H groups in total. The lowest BCUT2D eigenvalue weighted by Crippen LogP contribution is -2.25. The van der Waals surface area contributed by atoms with Crippen LogP contribution in [0.2, 0.25) is 0 Å². The van der Waals surface area contributed by atoms with E-state index in [1.807, 2.05) is 6.20 Å². The molecule has 1 rings (SSSR count). The van der Waals surface area contributed by atoms with Crippen LogP contribution in [-0.2, 0) is 13.0 Å². The lowest BCUT2D eigenvalue weighted by molar-refractivity contribution is 0.410. The van der Waals surface area contributed by atoms with E-state index in [1.165, 1.54) is 19.3 Å². The Kier molecular flexibility index (Phi) is 5.40. The number of rotatable bonds is 7. The average molecular weight is 210 g/mol. The Bertz CT molecular complexity index is 270. The second-order valence-corrected chi connectivity index (χ2v) is 4.00. The zero-order chi connectivity index (χ0) is 11.1. The van der Waals surface area contributed by atoms with Crippen molar-refractivity contribution in [1.29, 1.82) is 0 Å². The minimum Gasteiger partial charge on any atom is -0.444 e. The molecule has 1 atom stereocenters. The van der Waals surface area contributed by atoms with Gasteiger partial charge in [-0.3, -0.25) is 0 Å². The monoisotopic (exact) mass is 210 g/mol. The molecule has 1 heterocycles. The van der Waals surface area contributed by atoms with E-state index in [0.717, 1.165) is 24.6 Å². The van der Waals surface area contributed by atoms with E-state index in [0.29, 0.717) is 6.04 Å². The molecule has 1 unspecified atom stereocenters. The lowest BCUT2D eigenvalue weighted by Gasteiger charge is -2.11. The highest BCUT2D eigenvalue weighted by Gasteiger charge is 2.04. The van der Waals surface area contributed by atoms with E-state index >= 15 is 0 Å². The van der Waals surface area contributed by atoms with Crippen LogP contribution in [0.5, 0.6) is 0 Å². The normalized spacial score (nSPS) is 13.0. The molecule has 0 fully saturated rings. The third-order valence-electron chi connectivity index (χ3n) is 2.54. The summed E-state index contributed by atoms with van der Waals surface area (Å²) in [6, 6.07) is 0.543. The van der Waals surface area contributed by atoms with Gasteiger partial charge in [-0.2, -0.15) is 0 Å². The Morgan fingerprint density at radius 1 is 1.47 bits per heavy atom. The third kappa shape index (κ3) is 4.47. The number of oxazole rings is 1. The van der Waals surface area contributed by atoms with Crippen LogP contribution in [0, 0.1) is 0 Å². The maximum absolute atomic E-state index is 5.51. The molecule has 1 aromatic rings. The molecule has 0 aliphatic rings. The molecule has 0 saturated heterocycles. The molecule has 0 saturated carbocycles. The van der Waals surface area contributed by atoms with Gasteiger partial charge in [0, 0.05) is 12.5 Å². The van der Waals surface area contributed by atoms with Crippen molar-refractivity contribution < 1.29 is 4.42 Å². The molecule has 0 spiro atoms. The van der Waals surface area contributed by atoms with Crippen molar-refractivity contribution in [3.63, 3.8) is 0 Å². The summed E-state index contributed by atoms with van der Waals surface area (Å²) in [6.07, 6.45) is 6.48. The standard InChI is InChI=1S/C12H22N2O/c1-4-6-7-10(3)13-9-12-14-8-11(5-2)15-12/h8,10,13H,4-7,9H2,1-3H3. The van der Waals surface area contributed by atoms with Gasteiger partial charge in [0.1, 0.15) is 5.76 Å². The molecule has 0 radical (unpaired) electrons. The molecule has 0 amide bonds. The van der Waals surface area contributed by atoms with Gasteiger partial charge >= 0.3 is 0 Å². The smallest absolute Gasteiger partial charge is 0.208 e. The van der Waals surface area contributed by atoms with Gasteiger partial charge in [-0.05, 0) is 13.3 Å². The van der Waals surface area contributed by atoms with Crippen molar-refractivity contribution in [2.45, 2.75) is 59.0 Å². The summed E-state index contributed by atoms with van der Waals surface area (Å²) < 4.78 is 5.51. The Labute approximate surface area is 92.3 Å². The Morgan fingerprint density at radius 3 is 2.87 bits per heavy atom. The maximum atomic E-state index is 5.51. The topological polar surface area (TPSA) is 38.1 Å². The van der Waals surface area contributed by atoms with Gasteiger partial charge in [0.05, 0.1) is 12.7 Å². The Hall–Kier alpha value is -0.830. The number of aryl methyl sites for hydroxylation is 1. The third-order valence-corrected chi connectivity index (χ3v) is 2.54. The maximum Gasteiger partial charge on any atom is 0.208 e. The van der Waals surface area contributed by atoms with Crippen LogP contribution in [0.4, 0.5) is 0 Å². The SMILES string of the molecule is CCCCC(C)NCc1ncc(CC)o1. The van der Waals surface area contributed by atoms with Crippen molar-refractivity contribution >= 4 is 0 Å². The number of nitrogens with one attached hydrogen (secondary N) is 1. The van der Waals surface area contributed by atoms with Crippen molar-refractivity contribution in [3.8, 4) is 0 Å². The largest absolute Gasteiger partial charge is 0.444 e. The first-order valence-electron chi connectivity index (χ1n) is 5.93. The van der Waals surface area contributed by atoms with E-state index in [-0.39, 0.29) is 0 Å². The van der Waals surface area contributed by atoms with Crippen molar-refractivity contribution in [1.82, 2.24) is 10.3 Å². The fourth-order valence-electron chi connectivity index (χ4n) is 1.47. The van der Waals surface area contributed by atoms with Gasteiger partial charge in [-0.15, -0.1) is 0 Å². The fraction of sp³-hybridized carbons (Fsp3) is 0.750. The molecule has 1 aromatic heterocycles. The number of hydrogen-bond acceptors (Lipinski definition) is 3. The van der Waals surface area contributed by atoms with E-state index in [4.69, 9.17) is 4.42 Å². The summed E-state index contributed by atoms with van der Waals surface area (Å²) >= 11 is 0. The minimum atomic E-state index is 0.543. The van der Waals surface area contributed by atoms with Crippen LogP contribution >= 0.6 is 0 Å². The van der Waals surface area contributed by atoms with Crippen molar-refractivity contribution in [2.24, 2.45) is 0 Å². The Balaban J connectivity index is 2.24. The predicted octanol–water partition coefficient (Wildman–Crippen LogP) is 2.91. The lowest BCUT2D eigenvalue weighted by atomic mass is 10.1. The molecule has 0 bridgehead atoms. The van der Waals surface area contributed by atoms with Crippen LogP contribution in [0.3, 0.4) is 0 Å².